The Labute approximate surface area is 131 Å². The predicted octanol–water partition coefficient (Wildman–Crippen LogP) is 3.44. The first kappa shape index (κ1) is 15.0. The maximum Gasteiger partial charge on any atom is 0.208 e. The van der Waals surface area contributed by atoms with Crippen LogP contribution in [0, 0.1) is 5.92 Å². The molecule has 2 aliphatic rings. The minimum atomic E-state index is -0.00964. The second-order valence-corrected chi connectivity index (χ2v) is 7.76. The Balaban J connectivity index is 1.63. The van der Waals surface area contributed by atoms with Crippen molar-refractivity contribution in [2.45, 2.75) is 52.1 Å². The first-order valence-electron chi connectivity index (χ1n) is 7.96. The summed E-state index contributed by atoms with van der Waals surface area (Å²) in [4.78, 5) is 2.37. The van der Waals surface area contributed by atoms with Gasteiger partial charge in [0.05, 0.1) is 12.2 Å². The molecule has 0 aromatic carbocycles. The normalized spacial score (nSPS) is 21.9. The van der Waals surface area contributed by atoms with Gasteiger partial charge in [-0.2, -0.15) is 0 Å². The molecule has 1 aromatic rings. The van der Waals surface area contributed by atoms with Gasteiger partial charge >= 0.3 is 0 Å². The van der Waals surface area contributed by atoms with Crippen molar-refractivity contribution in [1.29, 1.82) is 0 Å². The summed E-state index contributed by atoms with van der Waals surface area (Å²) >= 11 is 1.75. The molecule has 0 amide bonds. The Morgan fingerprint density at radius 3 is 2.76 bits per heavy atom. The third-order valence-electron chi connectivity index (χ3n) is 4.31. The van der Waals surface area contributed by atoms with Crippen molar-refractivity contribution in [2.75, 3.05) is 24.6 Å². The van der Waals surface area contributed by atoms with Crippen molar-refractivity contribution in [1.82, 2.24) is 10.2 Å². The molecule has 0 atom stereocenters. The zero-order valence-electron chi connectivity index (χ0n) is 13.3. The topological polar surface area (TPSA) is 38.2 Å². The maximum atomic E-state index is 6.08. The van der Waals surface area contributed by atoms with Crippen LogP contribution in [0.1, 0.15) is 45.0 Å². The lowest BCUT2D eigenvalue weighted by atomic mass is 9.87. The standard InChI is InChI=1S/C16H25N3OS/c1-12(2)10-14-17-18-15(21-14)19-7-5-16(6-8-19)11-13(3)4-9-20-16/h11-12H,4-10H2,1-3H3. The summed E-state index contributed by atoms with van der Waals surface area (Å²) in [6.07, 6.45) is 6.59. The van der Waals surface area contributed by atoms with Gasteiger partial charge in [-0.1, -0.05) is 36.8 Å². The molecule has 0 unspecified atom stereocenters. The van der Waals surface area contributed by atoms with Crippen LogP contribution < -0.4 is 4.90 Å². The van der Waals surface area contributed by atoms with E-state index in [2.05, 4.69) is 41.9 Å². The van der Waals surface area contributed by atoms with Crippen molar-refractivity contribution >= 4 is 16.5 Å². The van der Waals surface area contributed by atoms with Gasteiger partial charge in [-0.25, -0.2) is 0 Å². The number of hydrogen-bond donors (Lipinski definition) is 0. The van der Waals surface area contributed by atoms with Crippen molar-refractivity contribution in [2.24, 2.45) is 5.92 Å². The smallest absolute Gasteiger partial charge is 0.208 e. The van der Waals surface area contributed by atoms with Crippen LogP contribution in [0.4, 0.5) is 5.13 Å². The molecule has 1 aromatic heterocycles. The van der Waals surface area contributed by atoms with E-state index in [-0.39, 0.29) is 5.60 Å². The second-order valence-electron chi connectivity index (χ2n) is 6.72. The molecule has 5 heteroatoms. The fraction of sp³-hybridized carbons (Fsp3) is 0.750. The van der Waals surface area contributed by atoms with Crippen molar-refractivity contribution in [3.63, 3.8) is 0 Å². The molecule has 0 aliphatic carbocycles. The van der Waals surface area contributed by atoms with Crippen LogP contribution >= 0.6 is 11.3 Å². The number of aromatic nitrogens is 2. The summed E-state index contributed by atoms with van der Waals surface area (Å²) in [5.41, 5.74) is 1.47. The van der Waals surface area contributed by atoms with E-state index in [1.807, 2.05) is 0 Å². The third-order valence-corrected chi connectivity index (χ3v) is 5.32. The average Bonchev–Trinajstić information content (AvgIpc) is 2.87. The molecule has 1 fully saturated rings. The highest BCUT2D eigenvalue weighted by molar-refractivity contribution is 7.15. The van der Waals surface area contributed by atoms with Crippen molar-refractivity contribution in [3.8, 4) is 0 Å². The molecule has 3 rings (SSSR count). The zero-order chi connectivity index (χ0) is 14.9. The van der Waals surface area contributed by atoms with Gasteiger partial charge in [0, 0.05) is 19.5 Å². The van der Waals surface area contributed by atoms with Crippen LogP contribution in [0.2, 0.25) is 0 Å². The Morgan fingerprint density at radius 1 is 1.33 bits per heavy atom. The van der Waals surface area contributed by atoms with Crippen LogP contribution in [0.3, 0.4) is 0 Å². The highest BCUT2D eigenvalue weighted by Crippen LogP contribution is 2.35. The van der Waals surface area contributed by atoms with Crippen LogP contribution in [0.5, 0.6) is 0 Å². The van der Waals surface area contributed by atoms with Gasteiger partial charge < -0.3 is 9.64 Å². The lowest BCUT2D eigenvalue weighted by molar-refractivity contribution is -0.0325. The number of rotatable bonds is 3. The Hall–Kier alpha value is -0.940. The van der Waals surface area contributed by atoms with E-state index < -0.39 is 0 Å². The Morgan fingerprint density at radius 2 is 2.10 bits per heavy atom. The molecular weight excluding hydrogens is 282 g/mol. The van der Waals surface area contributed by atoms with Gasteiger partial charge in [0.2, 0.25) is 5.13 Å². The van der Waals surface area contributed by atoms with Gasteiger partial charge in [0.1, 0.15) is 5.01 Å². The molecule has 116 valence electrons. The predicted molar refractivity (Wildman–Crippen MR) is 87.0 cm³/mol. The second kappa shape index (κ2) is 6.05. The van der Waals surface area contributed by atoms with Crippen LogP contribution in [-0.4, -0.2) is 35.5 Å². The highest BCUT2D eigenvalue weighted by atomic mass is 32.1. The summed E-state index contributed by atoms with van der Waals surface area (Å²) in [6.45, 7) is 9.57. The summed E-state index contributed by atoms with van der Waals surface area (Å²) in [7, 11) is 0. The molecule has 0 radical (unpaired) electrons. The molecule has 0 N–H and O–H groups in total. The van der Waals surface area contributed by atoms with Gasteiger partial charge in [0.15, 0.2) is 0 Å². The molecule has 0 saturated carbocycles. The fourth-order valence-electron chi connectivity index (χ4n) is 3.15. The highest BCUT2D eigenvalue weighted by Gasteiger charge is 2.36. The summed E-state index contributed by atoms with van der Waals surface area (Å²) in [5.74, 6) is 0.638. The first-order valence-corrected chi connectivity index (χ1v) is 8.78. The summed E-state index contributed by atoms with van der Waals surface area (Å²) < 4.78 is 6.08. The van der Waals surface area contributed by atoms with E-state index in [0.717, 1.165) is 55.5 Å². The van der Waals surface area contributed by atoms with E-state index in [9.17, 15) is 0 Å². The van der Waals surface area contributed by atoms with Gasteiger partial charge in [-0.15, -0.1) is 10.2 Å². The Bertz CT molecular complexity index is 515. The minimum Gasteiger partial charge on any atom is -0.370 e. The molecule has 2 aliphatic heterocycles. The number of hydrogen-bond acceptors (Lipinski definition) is 5. The molecule has 21 heavy (non-hydrogen) atoms. The van der Waals surface area contributed by atoms with Crippen LogP contribution in [-0.2, 0) is 11.2 Å². The molecule has 3 heterocycles. The van der Waals surface area contributed by atoms with Crippen molar-refractivity contribution < 1.29 is 4.74 Å². The van der Waals surface area contributed by atoms with Gasteiger partial charge in [-0.3, -0.25) is 0 Å². The number of anilines is 1. The average molecular weight is 307 g/mol. The lowest BCUT2D eigenvalue weighted by Crippen LogP contribution is -2.46. The van der Waals surface area contributed by atoms with Gasteiger partial charge in [0.25, 0.3) is 0 Å². The molecular formula is C16H25N3OS. The lowest BCUT2D eigenvalue weighted by Gasteiger charge is -2.42. The van der Waals surface area contributed by atoms with E-state index >= 15 is 0 Å². The molecule has 4 nitrogen and oxygen atoms in total. The minimum absolute atomic E-state index is 0.00964. The van der Waals surface area contributed by atoms with Crippen LogP contribution in [0.25, 0.3) is 0 Å². The monoisotopic (exact) mass is 307 g/mol. The van der Waals surface area contributed by atoms with E-state index in [0.29, 0.717) is 5.92 Å². The van der Waals surface area contributed by atoms with Crippen molar-refractivity contribution in [3.05, 3.63) is 16.7 Å². The summed E-state index contributed by atoms with van der Waals surface area (Å²) in [5, 5.41) is 10.9. The van der Waals surface area contributed by atoms with E-state index in [1.54, 1.807) is 11.3 Å². The molecule has 0 bridgehead atoms. The molecule has 1 spiro atoms. The maximum absolute atomic E-state index is 6.08. The fourth-order valence-corrected chi connectivity index (χ4v) is 4.25. The van der Waals surface area contributed by atoms with E-state index in [4.69, 9.17) is 4.74 Å². The number of piperidine rings is 1. The number of nitrogens with zero attached hydrogens (tertiary/aromatic N) is 3. The van der Waals surface area contributed by atoms with E-state index in [1.165, 1.54) is 5.57 Å². The summed E-state index contributed by atoms with van der Waals surface area (Å²) in [6, 6.07) is 0. The number of ether oxygens (including phenoxy) is 1. The Kier molecular flexibility index (Phi) is 4.31. The first-order chi connectivity index (χ1) is 10.1. The molecule has 1 saturated heterocycles. The SMILES string of the molecule is CC1=CC2(CCN(c3nnc(CC(C)C)s3)CC2)OCC1. The zero-order valence-corrected chi connectivity index (χ0v) is 14.1. The quantitative estimate of drug-likeness (QED) is 0.802. The van der Waals surface area contributed by atoms with Gasteiger partial charge in [-0.05, 0) is 32.1 Å². The van der Waals surface area contributed by atoms with Crippen LogP contribution in [0.15, 0.2) is 11.6 Å². The third kappa shape index (κ3) is 3.46. The largest absolute Gasteiger partial charge is 0.370 e.